The van der Waals surface area contributed by atoms with Crippen molar-refractivity contribution in [1.29, 1.82) is 0 Å². The molecular weight excluding hydrogens is 184 g/mol. The number of amides is 1. The number of hydrazine groups is 2. The Morgan fingerprint density at radius 1 is 1.79 bits per heavy atom. The number of aromatic nitrogens is 2. The molecule has 6 N–H and O–H groups in total. The fourth-order valence-electron chi connectivity index (χ4n) is 1.10. The number of H-pyrrole nitrogens is 1. The van der Waals surface area contributed by atoms with E-state index in [-0.39, 0.29) is 5.91 Å². The second kappa shape index (κ2) is 5.32. The maximum atomic E-state index is 11.3. The number of likely N-dealkylation sites (N-methyl/N-ethyl adjacent to an activating group) is 1. The van der Waals surface area contributed by atoms with Gasteiger partial charge in [0.25, 0.3) is 0 Å². The molecule has 14 heavy (non-hydrogen) atoms. The number of nitrogens with one attached hydrogen (secondary N) is 4. The van der Waals surface area contributed by atoms with Crippen LogP contribution in [0.1, 0.15) is 5.69 Å². The number of rotatable bonds is 5. The van der Waals surface area contributed by atoms with E-state index in [2.05, 4.69) is 26.2 Å². The number of carbonyl (C=O) groups excluding carboxylic acids is 1. The van der Waals surface area contributed by atoms with Crippen LogP contribution in [-0.2, 0) is 11.2 Å². The summed E-state index contributed by atoms with van der Waals surface area (Å²) in [7, 11) is 1.57. The van der Waals surface area contributed by atoms with Gasteiger partial charge in [-0.05, 0) is 0 Å². The number of imidazole rings is 1. The van der Waals surface area contributed by atoms with Gasteiger partial charge >= 0.3 is 0 Å². The molecule has 0 aliphatic carbocycles. The molecular formula is C7H14N6O. The number of hydrogen-bond donors (Lipinski definition) is 5. The summed E-state index contributed by atoms with van der Waals surface area (Å²) in [6.45, 7) is 0. The lowest BCUT2D eigenvalue weighted by Crippen LogP contribution is -2.52. The fourth-order valence-corrected chi connectivity index (χ4v) is 1.10. The lowest BCUT2D eigenvalue weighted by molar-refractivity contribution is -0.122. The summed E-state index contributed by atoms with van der Waals surface area (Å²) < 4.78 is 0. The van der Waals surface area contributed by atoms with Crippen LogP contribution in [0.2, 0.25) is 0 Å². The number of nitrogens with two attached hydrogens (primary N) is 1. The van der Waals surface area contributed by atoms with E-state index in [1.165, 1.54) is 0 Å². The molecule has 1 aromatic rings. The first-order valence-electron chi connectivity index (χ1n) is 4.18. The molecule has 7 heteroatoms. The molecule has 7 nitrogen and oxygen atoms in total. The number of aromatic amines is 1. The maximum Gasteiger partial charge on any atom is 0.238 e. The van der Waals surface area contributed by atoms with Crippen molar-refractivity contribution in [3.63, 3.8) is 0 Å². The normalized spacial score (nSPS) is 12.4. The quantitative estimate of drug-likeness (QED) is 0.279. The smallest absolute Gasteiger partial charge is 0.238 e. The summed E-state index contributed by atoms with van der Waals surface area (Å²) in [5, 5.41) is 2.53. The Morgan fingerprint density at radius 2 is 2.57 bits per heavy atom. The van der Waals surface area contributed by atoms with Crippen molar-refractivity contribution in [2.24, 2.45) is 5.84 Å². The third-order valence-electron chi connectivity index (χ3n) is 1.80. The minimum absolute atomic E-state index is 0.141. The van der Waals surface area contributed by atoms with Crippen molar-refractivity contribution < 1.29 is 4.79 Å². The van der Waals surface area contributed by atoms with Crippen LogP contribution < -0.4 is 22.1 Å². The Bertz CT molecular complexity index is 272. The largest absolute Gasteiger partial charge is 0.358 e. The second-order valence-electron chi connectivity index (χ2n) is 2.74. The summed E-state index contributed by atoms with van der Waals surface area (Å²) in [6.07, 6.45) is 3.71. The summed E-state index contributed by atoms with van der Waals surface area (Å²) in [4.78, 5) is 18.1. The molecule has 78 valence electrons. The van der Waals surface area contributed by atoms with E-state index >= 15 is 0 Å². The highest BCUT2D eigenvalue weighted by molar-refractivity contribution is 5.81. The van der Waals surface area contributed by atoms with Crippen LogP contribution in [0.4, 0.5) is 0 Å². The third kappa shape index (κ3) is 2.80. The molecule has 1 unspecified atom stereocenters. The van der Waals surface area contributed by atoms with E-state index in [9.17, 15) is 4.79 Å². The molecule has 0 aliphatic rings. The van der Waals surface area contributed by atoms with Gasteiger partial charge in [0.1, 0.15) is 6.04 Å². The Labute approximate surface area is 81.4 Å². The van der Waals surface area contributed by atoms with E-state index < -0.39 is 6.04 Å². The van der Waals surface area contributed by atoms with Crippen LogP contribution in [-0.4, -0.2) is 29.0 Å². The van der Waals surface area contributed by atoms with E-state index in [1.54, 1.807) is 19.6 Å². The predicted molar refractivity (Wildman–Crippen MR) is 50.6 cm³/mol. The minimum Gasteiger partial charge on any atom is -0.358 e. The Kier molecular flexibility index (Phi) is 4.05. The van der Waals surface area contributed by atoms with E-state index in [0.29, 0.717) is 6.42 Å². The highest BCUT2D eigenvalue weighted by Crippen LogP contribution is 1.97. The molecule has 0 aromatic carbocycles. The zero-order valence-electron chi connectivity index (χ0n) is 7.87. The monoisotopic (exact) mass is 198 g/mol. The van der Waals surface area contributed by atoms with Crippen molar-refractivity contribution in [3.8, 4) is 0 Å². The highest BCUT2D eigenvalue weighted by atomic mass is 16.2. The molecule has 0 radical (unpaired) electrons. The van der Waals surface area contributed by atoms with Gasteiger partial charge in [-0.1, -0.05) is 0 Å². The Morgan fingerprint density at radius 3 is 3.07 bits per heavy atom. The van der Waals surface area contributed by atoms with Crippen molar-refractivity contribution in [2.75, 3.05) is 7.05 Å². The van der Waals surface area contributed by atoms with Gasteiger partial charge in [-0.25, -0.2) is 10.4 Å². The molecule has 1 amide bonds. The highest BCUT2D eigenvalue weighted by Gasteiger charge is 2.16. The minimum atomic E-state index is -0.426. The second-order valence-corrected chi connectivity index (χ2v) is 2.74. The van der Waals surface area contributed by atoms with Crippen molar-refractivity contribution in [1.82, 2.24) is 26.2 Å². The van der Waals surface area contributed by atoms with Crippen LogP contribution in [0.15, 0.2) is 12.5 Å². The summed E-state index contributed by atoms with van der Waals surface area (Å²) in [5.74, 6) is 4.94. The first-order chi connectivity index (χ1) is 6.77. The zero-order chi connectivity index (χ0) is 10.4. The lowest BCUT2D eigenvalue weighted by atomic mass is 10.1. The fraction of sp³-hybridized carbons (Fsp3) is 0.429. The number of nitrogens with zero attached hydrogens (tertiary/aromatic N) is 1. The van der Waals surface area contributed by atoms with Crippen LogP contribution in [0.3, 0.4) is 0 Å². The third-order valence-corrected chi connectivity index (χ3v) is 1.80. The molecule has 0 aliphatic heterocycles. The van der Waals surface area contributed by atoms with Gasteiger partial charge in [-0.2, -0.15) is 5.53 Å². The average molecular weight is 198 g/mol. The summed E-state index contributed by atoms with van der Waals surface area (Å²) in [6, 6.07) is -0.426. The number of hydrogen-bond acceptors (Lipinski definition) is 5. The Hall–Kier alpha value is -1.44. The van der Waals surface area contributed by atoms with Crippen LogP contribution >= 0.6 is 0 Å². The molecule has 1 aromatic heterocycles. The molecule has 0 fully saturated rings. The van der Waals surface area contributed by atoms with Crippen LogP contribution in [0, 0.1) is 0 Å². The lowest BCUT2D eigenvalue weighted by Gasteiger charge is -2.14. The first-order valence-corrected chi connectivity index (χ1v) is 4.18. The topological polar surface area (TPSA) is 108 Å². The SMILES string of the molecule is CNC(=O)C(Cc1cnc[nH]1)NNN. The maximum absolute atomic E-state index is 11.3. The first kappa shape index (κ1) is 10.6. The molecule has 0 saturated carbocycles. The van der Waals surface area contributed by atoms with Gasteiger partial charge in [-0.15, -0.1) is 0 Å². The van der Waals surface area contributed by atoms with Gasteiger partial charge in [0.05, 0.1) is 6.33 Å². The summed E-state index contributed by atoms with van der Waals surface area (Å²) >= 11 is 0. The molecule has 1 atom stereocenters. The van der Waals surface area contributed by atoms with Gasteiger partial charge in [0, 0.05) is 25.4 Å². The molecule has 0 spiro atoms. The molecule has 0 saturated heterocycles. The van der Waals surface area contributed by atoms with Gasteiger partial charge in [0.2, 0.25) is 5.91 Å². The van der Waals surface area contributed by atoms with Crippen LogP contribution in [0.5, 0.6) is 0 Å². The van der Waals surface area contributed by atoms with Crippen molar-refractivity contribution in [3.05, 3.63) is 18.2 Å². The van der Waals surface area contributed by atoms with E-state index in [0.717, 1.165) is 5.69 Å². The Balaban J connectivity index is 2.55. The zero-order valence-corrected chi connectivity index (χ0v) is 7.87. The molecule has 1 rings (SSSR count). The summed E-state index contributed by atoms with van der Waals surface area (Å²) in [5.41, 5.74) is 5.75. The van der Waals surface area contributed by atoms with Gasteiger partial charge < -0.3 is 10.3 Å². The van der Waals surface area contributed by atoms with Gasteiger partial charge in [-0.3, -0.25) is 10.6 Å². The standard InChI is InChI=1S/C7H14N6O/c1-9-7(14)6(12-13-8)2-5-3-10-4-11-5/h3-4,6,12-13H,2,8H2,1H3,(H,9,14)(H,10,11). The van der Waals surface area contributed by atoms with Crippen molar-refractivity contribution >= 4 is 5.91 Å². The van der Waals surface area contributed by atoms with E-state index in [1.807, 2.05) is 0 Å². The predicted octanol–water partition coefficient (Wildman–Crippen LogP) is -1.97. The average Bonchev–Trinajstić information content (AvgIpc) is 2.68. The van der Waals surface area contributed by atoms with Gasteiger partial charge in [0.15, 0.2) is 0 Å². The van der Waals surface area contributed by atoms with Crippen molar-refractivity contribution in [2.45, 2.75) is 12.5 Å². The molecule has 1 heterocycles. The van der Waals surface area contributed by atoms with E-state index in [4.69, 9.17) is 5.84 Å². The number of carbonyl (C=O) groups is 1. The van der Waals surface area contributed by atoms with Crippen LogP contribution in [0.25, 0.3) is 0 Å². The molecule has 0 bridgehead atoms.